The molecule has 1 heterocycles. The van der Waals surface area contributed by atoms with Gasteiger partial charge in [-0.3, -0.25) is 0 Å². The number of nitrogens with one attached hydrogen (secondary N) is 2. The smallest absolute Gasteiger partial charge is 0.0752 e. The van der Waals surface area contributed by atoms with Crippen molar-refractivity contribution in [1.29, 1.82) is 5.41 Å². The van der Waals surface area contributed by atoms with Gasteiger partial charge in [0, 0.05) is 11.4 Å². The standard InChI is InChI=1S/C14H18N2/c15-13-7-3-4-9-14(13)10-8-11-5-1-2-6-12(11)16-14/h1-2,5-6,15-16H,3-4,7-10H2. The van der Waals surface area contributed by atoms with Crippen LogP contribution in [0, 0.1) is 5.41 Å². The van der Waals surface area contributed by atoms with E-state index in [-0.39, 0.29) is 5.54 Å². The number of aryl methyl sites for hydroxylation is 1. The molecule has 1 atom stereocenters. The molecule has 2 aliphatic rings. The van der Waals surface area contributed by atoms with Gasteiger partial charge in [-0.05, 0) is 43.7 Å². The third-order valence-corrected chi connectivity index (χ3v) is 4.07. The highest BCUT2D eigenvalue weighted by Crippen LogP contribution is 2.38. The Hall–Kier alpha value is -1.31. The van der Waals surface area contributed by atoms with Crippen molar-refractivity contribution in [2.75, 3.05) is 5.32 Å². The Balaban J connectivity index is 1.94. The summed E-state index contributed by atoms with van der Waals surface area (Å²) in [4.78, 5) is 0. The Kier molecular flexibility index (Phi) is 2.23. The SMILES string of the molecule is N=C1CCCCC12CCc1ccccc1N2. The number of fused-ring (bicyclic) bond motifs is 1. The lowest BCUT2D eigenvalue weighted by Gasteiger charge is -2.43. The summed E-state index contributed by atoms with van der Waals surface area (Å²) in [6, 6.07) is 8.53. The summed E-state index contributed by atoms with van der Waals surface area (Å²) in [5, 5.41) is 11.8. The van der Waals surface area contributed by atoms with Gasteiger partial charge in [-0.25, -0.2) is 0 Å². The van der Waals surface area contributed by atoms with Crippen LogP contribution in [0.2, 0.25) is 0 Å². The van der Waals surface area contributed by atoms with E-state index in [1.807, 2.05) is 0 Å². The molecule has 16 heavy (non-hydrogen) atoms. The lowest BCUT2D eigenvalue weighted by molar-refractivity contribution is 0.442. The first kappa shape index (κ1) is 9.88. The maximum atomic E-state index is 8.21. The van der Waals surface area contributed by atoms with Crippen molar-refractivity contribution in [2.45, 2.75) is 44.1 Å². The van der Waals surface area contributed by atoms with Gasteiger partial charge in [-0.2, -0.15) is 0 Å². The Morgan fingerprint density at radius 3 is 2.81 bits per heavy atom. The number of para-hydroxylation sites is 1. The summed E-state index contributed by atoms with van der Waals surface area (Å²) >= 11 is 0. The van der Waals surface area contributed by atoms with E-state index in [1.54, 1.807) is 0 Å². The van der Waals surface area contributed by atoms with E-state index in [0.717, 1.165) is 31.4 Å². The fourth-order valence-electron chi connectivity index (χ4n) is 3.06. The molecule has 1 aromatic rings. The topological polar surface area (TPSA) is 35.9 Å². The molecule has 2 heteroatoms. The van der Waals surface area contributed by atoms with E-state index < -0.39 is 0 Å². The quantitative estimate of drug-likeness (QED) is 0.682. The minimum absolute atomic E-state index is 0.00734. The predicted octanol–water partition coefficient (Wildman–Crippen LogP) is 3.38. The van der Waals surface area contributed by atoms with Gasteiger partial charge in [0.2, 0.25) is 0 Å². The molecule has 1 saturated carbocycles. The summed E-state index contributed by atoms with van der Waals surface area (Å²) in [6.45, 7) is 0. The molecule has 1 fully saturated rings. The summed E-state index contributed by atoms with van der Waals surface area (Å²) in [7, 11) is 0. The molecule has 1 aromatic carbocycles. The third-order valence-electron chi connectivity index (χ3n) is 4.07. The van der Waals surface area contributed by atoms with Crippen LogP contribution in [0.15, 0.2) is 24.3 Å². The number of benzene rings is 1. The van der Waals surface area contributed by atoms with Crippen LogP contribution >= 0.6 is 0 Å². The van der Waals surface area contributed by atoms with Crippen molar-refractivity contribution >= 4 is 11.4 Å². The summed E-state index contributed by atoms with van der Waals surface area (Å²) in [6.07, 6.45) is 6.80. The van der Waals surface area contributed by atoms with Crippen LogP contribution in [0.5, 0.6) is 0 Å². The average molecular weight is 214 g/mol. The zero-order valence-corrected chi connectivity index (χ0v) is 9.55. The van der Waals surface area contributed by atoms with Gasteiger partial charge in [-0.15, -0.1) is 0 Å². The Morgan fingerprint density at radius 1 is 1.06 bits per heavy atom. The zero-order valence-electron chi connectivity index (χ0n) is 9.55. The number of hydrogen-bond donors (Lipinski definition) is 2. The fraction of sp³-hybridized carbons (Fsp3) is 0.500. The number of hydrogen-bond acceptors (Lipinski definition) is 2. The van der Waals surface area contributed by atoms with Gasteiger partial charge in [0.1, 0.15) is 0 Å². The summed E-state index contributed by atoms with van der Waals surface area (Å²) < 4.78 is 0. The van der Waals surface area contributed by atoms with E-state index in [9.17, 15) is 0 Å². The maximum absolute atomic E-state index is 8.21. The van der Waals surface area contributed by atoms with Gasteiger partial charge < -0.3 is 10.7 Å². The molecule has 0 radical (unpaired) electrons. The molecule has 2 nitrogen and oxygen atoms in total. The van der Waals surface area contributed by atoms with Crippen LogP contribution < -0.4 is 5.32 Å². The van der Waals surface area contributed by atoms with Crippen molar-refractivity contribution in [3.05, 3.63) is 29.8 Å². The second kappa shape index (κ2) is 3.62. The molecular formula is C14H18N2. The monoisotopic (exact) mass is 214 g/mol. The maximum Gasteiger partial charge on any atom is 0.0752 e. The molecule has 1 unspecified atom stereocenters. The van der Waals surface area contributed by atoms with Crippen LogP contribution in [0.25, 0.3) is 0 Å². The van der Waals surface area contributed by atoms with Crippen molar-refractivity contribution in [3.8, 4) is 0 Å². The van der Waals surface area contributed by atoms with Gasteiger partial charge in [0.05, 0.1) is 5.54 Å². The molecule has 0 amide bonds. The number of anilines is 1. The summed E-state index contributed by atoms with van der Waals surface area (Å²) in [5.41, 5.74) is 3.58. The van der Waals surface area contributed by atoms with Crippen LogP contribution in [0.4, 0.5) is 5.69 Å². The van der Waals surface area contributed by atoms with Gasteiger partial charge in [-0.1, -0.05) is 24.6 Å². The predicted molar refractivity (Wildman–Crippen MR) is 67.3 cm³/mol. The lowest BCUT2D eigenvalue weighted by Crippen LogP contribution is -2.50. The molecular weight excluding hydrogens is 196 g/mol. The molecule has 1 aliphatic carbocycles. The van der Waals surface area contributed by atoms with Crippen LogP contribution in [-0.2, 0) is 6.42 Å². The Bertz CT molecular complexity index is 424. The first-order chi connectivity index (χ1) is 7.80. The molecule has 84 valence electrons. The molecule has 0 saturated heterocycles. The van der Waals surface area contributed by atoms with E-state index in [2.05, 4.69) is 29.6 Å². The summed E-state index contributed by atoms with van der Waals surface area (Å²) in [5.74, 6) is 0. The Labute approximate surface area is 96.6 Å². The van der Waals surface area contributed by atoms with Crippen molar-refractivity contribution in [2.24, 2.45) is 0 Å². The van der Waals surface area contributed by atoms with Crippen LogP contribution in [0.1, 0.15) is 37.7 Å². The van der Waals surface area contributed by atoms with Crippen molar-refractivity contribution in [1.82, 2.24) is 0 Å². The molecule has 1 spiro atoms. The van der Waals surface area contributed by atoms with Gasteiger partial charge in [0.15, 0.2) is 0 Å². The average Bonchev–Trinajstić information content (AvgIpc) is 2.33. The van der Waals surface area contributed by atoms with E-state index in [0.29, 0.717) is 0 Å². The first-order valence-electron chi connectivity index (χ1n) is 6.24. The molecule has 3 rings (SSSR count). The van der Waals surface area contributed by atoms with Crippen LogP contribution in [0.3, 0.4) is 0 Å². The number of rotatable bonds is 0. The van der Waals surface area contributed by atoms with Gasteiger partial charge in [0.25, 0.3) is 0 Å². The second-order valence-electron chi connectivity index (χ2n) is 5.05. The minimum Gasteiger partial charge on any atom is -0.374 e. The fourth-order valence-corrected chi connectivity index (χ4v) is 3.06. The normalized spacial score (nSPS) is 28.6. The largest absolute Gasteiger partial charge is 0.374 e. The minimum atomic E-state index is -0.00734. The Morgan fingerprint density at radius 2 is 1.94 bits per heavy atom. The highest BCUT2D eigenvalue weighted by Gasteiger charge is 2.38. The molecule has 0 aromatic heterocycles. The lowest BCUT2D eigenvalue weighted by atomic mass is 9.74. The molecule has 2 N–H and O–H groups in total. The highest BCUT2D eigenvalue weighted by atomic mass is 15.0. The van der Waals surface area contributed by atoms with Crippen molar-refractivity contribution in [3.63, 3.8) is 0 Å². The molecule has 0 bridgehead atoms. The van der Waals surface area contributed by atoms with Gasteiger partial charge >= 0.3 is 0 Å². The first-order valence-corrected chi connectivity index (χ1v) is 6.24. The van der Waals surface area contributed by atoms with E-state index in [1.165, 1.54) is 24.1 Å². The molecule has 1 aliphatic heterocycles. The second-order valence-corrected chi connectivity index (χ2v) is 5.05. The van der Waals surface area contributed by atoms with E-state index >= 15 is 0 Å². The third kappa shape index (κ3) is 1.44. The van der Waals surface area contributed by atoms with E-state index in [4.69, 9.17) is 5.41 Å². The zero-order chi connectivity index (χ0) is 11.0. The van der Waals surface area contributed by atoms with Crippen LogP contribution in [-0.4, -0.2) is 11.3 Å². The van der Waals surface area contributed by atoms with Crippen molar-refractivity contribution < 1.29 is 0 Å². The highest BCUT2D eigenvalue weighted by molar-refractivity contribution is 5.95.